The standard InChI is InChI=1S/C14H18N2OS/c1-9-10(2)18-14(16-9)12(8-15)11-6-4-5-7-13(11)17-3/h4-7,12H,8,15H2,1-3H3. The molecule has 1 unspecified atom stereocenters. The molecule has 0 fully saturated rings. The molecular formula is C14H18N2OS. The fraction of sp³-hybridized carbons (Fsp3) is 0.357. The zero-order valence-corrected chi connectivity index (χ0v) is 11.8. The van der Waals surface area contributed by atoms with Crippen LogP contribution in [0.5, 0.6) is 5.75 Å². The van der Waals surface area contributed by atoms with Crippen LogP contribution in [0.15, 0.2) is 24.3 Å². The Morgan fingerprint density at radius 1 is 1.33 bits per heavy atom. The maximum absolute atomic E-state index is 5.93. The van der Waals surface area contributed by atoms with Gasteiger partial charge >= 0.3 is 0 Å². The molecule has 96 valence electrons. The summed E-state index contributed by atoms with van der Waals surface area (Å²) in [5.74, 6) is 0.983. The summed E-state index contributed by atoms with van der Waals surface area (Å²) in [5, 5.41) is 1.07. The summed E-state index contributed by atoms with van der Waals surface area (Å²) in [6.45, 7) is 4.66. The summed E-state index contributed by atoms with van der Waals surface area (Å²) in [7, 11) is 1.69. The molecule has 4 heteroatoms. The number of hydrogen-bond acceptors (Lipinski definition) is 4. The normalized spacial score (nSPS) is 12.4. The number of methoxy groups -OCH3 is 1. The third-order valence-corrected chi connectivity index (χ3v) is 4.28. The van der Waals surface area contributed by atoms with Crippen molar-refractivity contribution in [3.05, 3.63) is 45.4 Å². The maximum Gasteiger partial charge on any atom is 0.122 e. The monoisotopic (exact) mass is 262 g/mol. The van der Waals surface area contributed by atoms with Gasteiger partial charge in [-0.3, -0.25) is 0 Å². The summed E-state index contributed by atoms with van der Waals surface area (Å²) < 4.78 is 5.41. The van der Waals surface area contributed by atoms with E-state index in [2.05, 4.69) is 18.0 Å². The van der Waals surface area contributed by atoms with Gasteiger partial charge in [0.25, 0.3) is 0 Å². The highest BCUT2D eigenvalue weighted by molar-refractivity contribution is 7.11. The molecule has 0 aliphatic heterocycles. The van der Waals surface area contributed by atoms with Gasteiger partial charge in [-0.2, -0.15) is 0 Å². The van der Waals surface area contributed by atoms with E-state index in [1.54, 1.807) is 18.4 Å². The lowest BCUT2D eigenvalue weighted by molar-refractivity contribution is 0.407. The lowest BCUT2D eigenvalue weighted by Crippen LogP contribution is -2.14. The molecule has 2 N–H and O–H groups in total. The number of nitrogens with two attached hydrogens (primary N) is 1. The van der Waals surface area contributed by atoms with Gasteiger partial charge in [-0.15, -0.1) is 11.3 Å². The van der Waals surface area contributed by atoms with Crippen LogP contribution in [0, 0.1) is 13.8 Å². The van der Waals surface area contributed by atoms with Gasteiger partial charge in [0.2, 0.25) is 0 Å². The van der Waals surface area contributed by atoms with E-state index < -0.39 is 0 Å². The second-order valence-electron chi connectivity index (χ2n) is 4.22. The molecule has 1 atom stereocenters. The van der Waals surface area contributed by atoms with Crippen LogP contribution in [0.1, 0.15) is 27.1 Å². The first-order valence-electron chi connectivity index (χ1n) is 5.94. The number of rotatable bonds is 4. The first-order chi connectivity index (χ1) is 8.67. The highest BCUT2D eigenvalue weighted by Gasteiger charge is 2.20. The van der Waals surface area contributed by atoms with Crippen LogP contribution in [0.3, 0.4) is 0 Å². The largest absolute Gasteiger partial charge is 0.496 e. The summed E-state index contributed by atoms with van der Waals surface area (Å²) in [6.07, 6.45) is 0. The Bertz CT molecular complexity index is 517. The van der Waals surface area contributed by atoms with Crippen molar-refractivity contribution in [3.63, 3.8) is 0 Å². The van der Waals surface area contributed by atoms with Gasteiger partial charge in [0.15, 0.2) is 0 Å². The molecule has 2 aromatic rings. The van der Waals surface area contributed by atoms with E-state index in [4.69, 9.17) is 10.5 Å². The van der Waals surface area contributed by atoms with Gasteiger partial charge in [0.05, 0.1) is 18.7 Å². The summed E-state index contributed by atoms with van der Waals surface area (Å²) in [4.78, 5) is 5.86. The number of aromatic nitrogens is 1. The molecule has 0 saturated carbocycles. The van der Waals surface area contributed by atoms with Crippen LogP contribution < -0.4 is 10.5 Å². The average Bonchev–Trinajstić information content (AvgIpc) is 2.71. The molecule has 3 nitrogen and oxygen atoms in total. The van der Waals surface area contributed by atoms with Crippen molar-refractivity contribution in [2.75, 3.05) is 13.7 Å². The average molecular weight is 262 g/mol. The molecule has 0 spiro atoms. The highest BCUT2D eigenvalue weighted by Crippen LogP contribution is 2.33. The molecule has 0 amide bonds. The number of aryl methyl sites for hydroxylation is 2. The van der Waals surface area contributed by atoms with Gasteiger partial charge in [0.1, 0.15) is 10.8 Å². The van der Waals surface area contributed by atoms with Crippen LogP contribution in [-0.4, -0.2) is 18.6 Å². The van der Waals surface area contributed by atoms with E-state index >= 15 is 0 Å². The quantitative estimate of drug-likeness (QED) is 0.921. The first kappa shape index (κ1) is 13.1. The lowest BCUT2D eigenvalue weighted by Gasteiger charge is -2.15. The predicted octanol–water partition coefficient (Wildman–Crippen LogP) is 2.86. The fourth-order valence-electron chi connectivity index (χ4n) is 1.96. The Labute approximate surface area is 112 Å². The zero-order valence-electron chi connectivity index (χ0n) is 10.9. The van der Waals surface area contributed by atoms with Gasteiger partial charge in [0, 0.05) is 17.0 Å². The molecule has 0 bridgehead atoms. The minimum absolute atomic E-state index is 0.110. The third kappa shape index (κ3) is 2.40. The second-order valence-corrected chi connectivity index (χ2v) is 5.46. The molecular weight excluding hydrogens is 244 g/mol. The molecule has 0 aliphatic rings. The van der Waals surface area contributed by atoms with Crippen LogP contribution in [-0.2, 0) is 0 Å². The van der Waals surface area contributed by atoms with Crippen LogP contribution in [0.2, 0.25) is 0 Å². The Morgan fingerprint density at radius 3 is 2.61 bits per heavy atom. The van der Waals surface area contributed by atoms with Gasteiger partial charge in [-0.05, 0) is 19.9 Å². The van der Waals surface area contributed by atoms with Crippen molar-refractivity contribution in [1.29, 1.82) is 0 Å². The Kier molecular flexibility index (Phi) is 3.99. The SMILES string of the molecule is COc1ccccc1C(CN)c1nc(C)c(C)s1. The number of para-hydroxylation sites is 1. The highest BCUT2D eigenvalue weighted by atomic mass is 32.1. The molecule has 1 aromatic carbocycles. The molecule has 1 aromatic heterocycles. The van der Waals surface area contributed by atoms with E-state index in [0.717, 1.165) is 22.0 Å². The minimum Gasteiger partial charge on any atom is -0.496 e. The van der Waals surface area contributed by atoms with Gasteiger partial charge < -0.3 is 10.5 Å². The maximum atomic E-state index is 5.93. The van der Waals surface area contributed by atoms with Crippen molar-refractivity contribution in [2.24, 2.45) is 5.73 Å². The van der Waals surface area contributed by atoms with Crippen LogP contribution >= 0.6 is 11.3 Å². The van der Waals surface area contributed by atoms with E-state index in [1.165, 1.54) is 4.88 Å². The number of thiazole rings is 1. The van der Waals surface area contributed by atoms with E-state index in [1.807, 2.05) is 25.1 Å². The van der Waals surface area contributed by atoms with E-state index in [9.17, 15) is 0 Å². The van der Waals surface area contributed by atoms with Crippen molar-refractivity contribution >= 4 is 11.3 Å². The van der Waals surface area contributed by atoms with Crippen molar-refractivity contribution in [2.45, 2.75) is 19.8 Å². The predicted molar refractivity (Wildman–Crippen MR) is 75.5 cm³/mol. The molecule has 18 heavy (non-hydrogen) atoms. The van der Waals surface area contributed by atoms with Gasteiger partial charge in [-0.25, -0.2) is 4.98 Å². The smallest absolute Gasteiger partial charge is 0.122 e. The topological polar surface area (TPSA) is 48.1 Å². The third-order valence-electron chi connectivity index (χ3n) is 3.09. The van der Waals surface area contributed by atoms with Crippen molar-refractivity contribution in [1.82, 2.24) is 4.98 Å². The number of hydrogen-bond donors (Lipinski definition) is 1. The Balaban J connectivity index is 2.45. The van der Waals surface area contributed by atoms with Crippen molar-refractivity contribution in [3.8, 4) is 5.75 Å². The number of benzene rings is 1. The summed E-state index contributed by atoms with van der Waals surface area (Å²) in [6, 6.07) is 8.00. The Morgan fingerprint density at radius 2 is 2.06 bits per heavy atom. The van der Waals surface area contributed by atoms with E-state index in [0.29, 0.717) is 6.54 Å². The van der Waals surface area contributed by atoms with Crippen LogP contribution in [0.4, 0.5) is 0 Å². The molecule has 0 saturated heterocycles. The molecule has 0 radical (unpaired) electrons. The number of ether oxygens (including phenoxy) is 1. The fourth-order valence-corrected chi connectivity index (χ4v) is 3.02. The molecule has 1 heterocycles. The van der Waals surface area contributed by atoms with E-state index in [-0.39, 0.29) is 5.92 Å². The lowest BCUT2D eigenvalue weighted by atomic mass is 9.99. The molecule has 2 rings (SSSR count). The number of nitrogens with zero attached hydrogens (tertiary/aromatic N) is 1. The van der Waals surface area contributed by atoms with Crippen molar-refractivity contribution < 1.29 is 4.74 Å². The molecule has 0 aliphatic carbocycles. The van der Waals surface area contributed by atoms with Crippen LogP contribution in [0.25, 0.3) is 0 Å². The van der Waals surface area contributed by atoms with Gasteiger partial charge in [-0.1, -0.05) is 18.2 Å². The summed E-state index contributed by atoms with van der Waals surface area (Å²) >= 11 is 1.71. The Hall–Kier alpha value is -1.39. The zero-order chi connectivity index (χ0) is 13.1. The second kappa shape index (κ2) is 5.50. The minimum atomic E-state index is 0.110. The summed E-state index contributed by atoms with van der Waals surface area (Å²) in [5.41, 5.74) is 8.12. The first-order valence-corrected chi connectivity index (χ1v) is 6.76.